The number of anilines is 1. The van der Waals surface area contributed by atoms with Gasteiger partial charge < -0.3 is 5.32 Å². The summed E-state index contributed by atoms with van der Waals surface area (Å²) in [6.07, 6.45) is 1.85. The minimum atomic E-state index is -0.253. The molecule has 0 unspecified atom stereocenters. The summed E-state index contributed by atoms with van der Waals surface area (Å²) in [6.45, 7) is 4.73. The number of thiazole rings is 1. The molecule has 0 fully saturated rings. The summed E-state index contributed by atoms with van der Waals surface area (Å²) in [6, 6.07) is 6.30. The molecule has 0 atom stereocenters. The van der Waals surface area contributed by atoms with E-state index < -0.39 is 0 Å². The number of hydrogen-bond acceptors (Lipinski definition) is 6. The van der Waals surface area contributed by atoms with Crippen LogP contribution in [0.15, 0.2) is 30.5 Å². The number of fused-ring (bicyclic) bond motifs is 1. The van der Waals surface area contributed by atoms with E-state index in [0.717, 1.165) is 32.1 Å². The van der Waals surface area contributed by atoms with Gasteiger partial charge in [-0.15, -0.1) is 16.4 Å². The van der Waals surface area contributed by atoms with Crippen LogP contribution in [0.4, 0.5) is 9.52 Å². The third-order valence-corrected chi connectivity index (χ3v) is 5.40. The van der Waals surface area contributed by atoms with Gasteiger partial charge >= 0.3 is 0 Å². The van der Waals surface area contributed by atoms with Crippen molar-refractivity contribution >= 4 is 32.8 Å². The molecule has 122 valence electrons. The van der Waals surface area contributed by atoms with Gasteiger partial charge in [0, 0.05) is 10.4 Å². The third-order valence-electron chi connectivity index (χ3n) is 3.59. The molecular weight excluding hydrogens is 345 g/mol. The predicted octanol–water partition coefficient (Wildman–Crippen LogP) is 4.28. The number of benzene rings is 1. The lowest BCUT2D eigenvalue weighted by atomic mass is 10.2. The van der Waals surface area contributed by atoms with Gasteiger partial charge in [0.15, 0.2) is 0 Å². The molecule has 0 saturated heterocycles. The Bertz CT molecular complexity index is 968. The van der Waals surface area contributed by atoms with Crippen LogP contribution in [0.1, 0.15) is 15.6 Å². The number of nitrogens with zero attached hydrogens (tertiary/aromatic N) is 4. The number of aromatic nitrogens is 4. The standard InChI is InChI=1S/C16H14FN5S2/c1-9-13(19-10(2)23-9)7-18-15-21-22-8-14(20-16(22)24-15)11-3-5-12(17)6-4-11/h3-6,8H,7H2,1-2H3,(H,18,21). The van der Waals surface area contributed by atoms with Crippen LogP contribution in [0, 0.1) is 19.7 Å². The van der Waals surface area contributed by atoms with Crippen LogP contribution >= 0.6 is 22.7 Å². The first-order valence-electron chi connectivity index (χ1n) is 7.37. The minimum Gasteiger partial charge on any atom is -0.354 e. The van der Waals surface area contributed by atoms with E-state index in [2.05, 4.69) is 27.3 Å². The third kappa shape index (κ3) is 2.90. The van der Waals surface area contributed by atoms with E-state index in [1.165, 1.54) is 28.3 Å². The van der Waals surface area contributed by atoms with Crippen molar-refractivity contribution in [1.29, 1.82) is 0 Å². The summed E-state index contributed by atoms with van der Waals surface area (Å²) in [7, 11) is 0. The fourth-order valence-corrected chi connectivity index (χ4v) is 4.04. The van der Waals surface area contributed by atoms with Gasteiger partial charge in [0.2, 0.25) is 10.1 Å². The molecule has 3 aromatic heterocycles. The van der Waals surface area contributed by atoms with E-state index in [-0.39, 0.29) is 5.82 Å². The van der Waals surface area contributed by atoms with Crippen molar-refractivity contribution in [3.63, 3.8) is 0 Å². The van der Waals surface area contributed by atoms with Crippen molar-refractivity contribution in [2.75, 3.05) is 5.32 Å². The Balaban J connectivity index is 1.53. The summed E-state index contributed by atoms with van der Waals surface area (Å²) in [5.41, 5.74) is 2.71. The van der Waals surface area contributed by atoms with Crippen molar-refractivity contribution in [3.05, 3.63) is 51.9 Å². The van der Waals surface area contributed by atoms with Crippen LogP contribution in [-0.4, -0.2) is 19.6 Å². The molecule has 3 heterocycles. The minimum absolute atomic E-state index is 0.253. The van der Waals surface area contributed by atoms with Crippen molar-refractivity contribution in [2.24, 2.45) is 0 Å². The molecule has 4 aromatic rings. The Morgan fingerprint density at radius 3 is 2.58 bits per heavy atom. The van der Waals surface area contributed by atoms with Crippen LogP contribution in [0.5, 0.6) is 0 Å². The Kier molecular flexibility index (Phi) is 3.78. The summed E-state index contributed by atoms with van der Waals surface area (Å²) in [5, 5.41) is 9.66. The predicted molar refractivity (Wildman–Crippen MR) is 95.2 cm³/mol. The molecule has 0 bridgehead atoms. The van der Waals surface area contributed by atoms with Crippen molar-refractivity contribution < 1.29 is 4.39 Å². The van der Waals surface area contributed by atoms with Crippen LogP contribution < -0.4 is 5.32 Å². The first-order valence-corrected chi connectivity index (χ1v) is 9.01. The second kappa shape index (κ2) is 5.95. The zero-order valence-electron chi connectivity index (χ0n) is 13.1. The molecule has 0 aliphatic rings. The zero-order valence-corrected chi connectivity index (χ0v) is 14.7. The highest BCUT2D eigenvalue weighted by atomic mass is 32.1. The number of rotatable bonds is 4. The van der Waals surface area contributed by atoms with Crippen LogP contribution in [0.3, 0.4) is 0 Å². The summed E-state index contributed by atoms with van der Waals surface area (Å²) in [4.78, 5) is 11.1. The van der Waals surface area contributed by atoms with Crippen LogP contribution in [0.25, 0.3) is 16.2 Å². The van der Waals surface area contributed by atoms with E-state index in [0.29, 0.717) is 6.54 Å². The smallest absolute Gasteiger partial charge is 0.214 e. The largest absolute Gasteiger partial charge is 0.354 e. The van der Waals surface area contributed by atoms with E-state index in [1.807, 2.05) is 13.1 Å². The van der Waals surface area contributed by atoms with Gasteiger partial charge in [-0.3, -0.25) is 0 Å². The molecule has 1 aromatic carbocycles. The number of nitrogens with one attached hydrogen (secondary N) is 1. The SMILES string of the molecule is Cc1nc(CNc2nn3cc(-c4ccc(F)cc4)nc3s2)c(C)s1. The average molecular weight is 359 g/mol. The van der Waals surface area contributed by atoms with Crippen molar-refractivity contribution in [1.82, 2.24) is 19.6 Å². The average Bonchev–Trinajstić information content (AvgIpc) is 3.18. The summed E-state index contributed by atoms with van der Waals surface area (Å²) in [5.74, 6) is -0.253. The molecule has 1 N–H and O–H groups in total. The van der Waals surface area contributed by atoms with Gasteiger partial charge in [-0.2, -0.15) is 0 Å². The molecule has 5 nitrogen and oxygen atoms in total. The highest BCUT2D eigenvalue weighted by molar-refractivity contribution is 7.20. The lowest BCUT2D eigenvalue weighted by Crippen LogP contribution is -2.01. The van der Waals surface area contributed by atoms with Gasteiger partial charge in [-0.25, -0.2) is 18.9 Å². The van der Waals surface area contributed by atoms with Gasteiger partial charge in [-0.05, 0) is 38.1 Å². The second-order valence-electron chi connectivity index (χ2n) is 5.36. The first kappa shape index (κ1) is 15.2. The first-order chi connectivity index (χ1) is 11.6. The Morgan fingerprint density at radius 1 is 1.12 bits per heavy atom. The van der Waals surface area contributed by atoms with E-state index in [1.54, 1.807) is 28.0 Å². The zero-order chi connectivity index (χ0) is 16.7. The Hall–Kier alpha value is -2.32. The molecular formula is C16H14FN5S2. The molecule has 0 aliphatic carbocycles. The molecule has 0 aliphatic heterocycles. The summed E-state index contributed by atoms with van der Waals surface area (Å²) >= 11 is 3.18. The maximum atomic E-state index is 13.0. The number of halogens is 1. The van der Waals surface area contributed by atoms with Crippen LogP contribution in [0.2, 0.25) is 0 Å². The maximum absolute atomic E-state index is 13.0. The second-order valence-corrected chi connectivity index (χ2v) is 7.72. The quantitative estimate of drug-likeness (QED) is 0.591. The number of imidazole rings is 1. The van der Waals surface area contributed by atoms with E-state index >= 15 is 0 Å². The van der Waals surface area contributed by atoms with Gasteiger partial charge in [-0.1, -0.05) is 11.3 Å². The normalized spacial score (nSPS) is 11.3. The molecule has 0 spiro atoms. The highest BCUT2D eigenvalue weighted by Gasteiger charge is 2.11. The maximum Gasteiger partial charge on any atom is 0.214 e. The Labute approximate surface area is 145 Å². The van der Waals surface area contributed by atoms with Gasteiger partial charge in [0.1, 0.15) is 5.82 Å². The molecule has 0 saturated carbocycles. The highest BCUT2D eigenvalue weighted by Crippen LogP contribution is 2.25. The number of hydrogen-bond donors (Lipinski definition) is 1. The summed E-state index contributed by atoms with van der Waals surface area (Å²) < 4.78 is 14.7. The topological polar surface area (TPSA) is 55.1 Å². The fourth-order valence-electron chi connectivity index (χ4n) is 2.43. The van der Waals surface area contributed by atoms with Crippen molar-refractivity contribution in [2.45, 2.75) is 20.4 Å². The monoisotopic (exact) mass is 359 g/mol. The Morgan fingerprint density at radius 2 is 1.92 bits per heavy atom. The lowest BCUT2D eigenvalue weighted by Gasteiger charge is -1.99. The molecule has 4 rings (SSSR count). The van der Waals surface area contributed by atoms with Gasteiger partial charge in [0.25, 0.3) is 0 Å². The van der Waals surface area contributed by atoms with Crippen LogP contribution in [-0.2, 0) is 6.54 Å². The number of aryl methyl sites for hydroxylation is 2. The van der Waals surface area contributed by atoms with Crippen molar-refractivity contribution in [3.8, 4) is 11.3 Å². The molecule has 0 amide bonds. The molecule has 0 radical (unpaired) electrons. The van der Waals surface area contributed by atoms with Gasteiger partial charge in [0.05, 0.1) is 29.1 Å². The molecule has 8 heteroatoms. The van der Waals surface area contributed by atoms with E-state index in [4.69, 9.17) is 0 Å². The lowest BCUT2D eigenvalue weighted by molar-refractivity contribution is 0.628. The fraction of sp³-hybridized carbons (Fsp3) is 0.188. The molecule has 24 heavy (non-hydrogen) atoms. The van der Waals surface area contributed by atoms with E-state index in [9.17, 15) is 4.39 Å².